The number of hydrogen-bond acceptors (Lipinski definition) is 5. The van der Waals surface area contributed by atoms with E-state index in [0.29, 0.717) is 17.7 Å². The number of nitrogens with zero attached hydrogens (tertiary/aromatic N) is 2. The van der Waals surface area contributed by atoms with Crippen LogP contribution in [0.2, 0.25) is 0 Å². The third kappa shape index (κ3) is 6.17. The van der Waals surface area contributed by atoms with Crippen molar-refractivity contribution in [3.63, 3.8) is 0 Å². The minimum Gasteiger partial charge on any atom is -0.346 e. The van der Waals surface area contributed by atoms with Gasteiger partial charge in [-0.2, -0.15) is 13.2 Å². The molecule has 2 heterocycles. The molecule has 0 spiro atoms. The van der Waals surface area contributed by atoms with Gasteiger partial charge in [0.05, 0.1) is 23.2 Å². The molecule has 1 aromatic carbocycles. The number of halogens is 3. The molecule has 12 heteroatoms. The van der Waals surface area contributed by atoms with Crippen molar-refractivity contribution in [2.24, 2.45) is 0 Å². The smallest absolute Gasteiger partial charge is 0.346 e. The second-order valence-corrected chi connectivity index (χ2v) is 8.48. The second-order valence-electron chi connectivity index (χ2n) is 6.42. The van der Waals surface area contributed by atoms with Crippen LogP contribution in [0.15, 0.2) is 48.8 Å². The van der Waals surface area contributed by atoms with Crippen LogP contribution in [0.5, 0.6) is 0 Å². The van der Waals surface area contributed by atoms with E-state index in [2.05, 4.69) is 20.0 Å². The molecule has 0 fully saturated rings. The van der Waals surface area contributed by atoms with Crippen molar-refractivity contribution >= 4 is 28.5 Å². The molecule has 1 amide bonds. The summed E-state index contributed by atoms with van der Waals surface area (Å²) < 4.78 is 61.3. The third-order valence-corrected chi connectivity index (χ3v) is 5.58. The van der Waals surface area contributed by atoms with E-state index in [-0.39, 0.29) is 5.69 Å². The number of rotatable bonds is 7. The highest BCUT2D eigenvalue weighted by atomic mass is 32.2. The molecule has 0 aliphatic rings. The fourth-order valence-electron chi connectivity index (χ4n) is 2.75. The second kappa shape index (κ2) is 9.64. The Morgan fingerprint density at radius 1 is 1.13 bits per heavy atom. The molecule has 7 nitrogen and oxygen atoms in total. The van der Waals surface area contributed by atoms with Crippen LogP contribution in [0.1, 0.15) is 43.1 Å². The van der Waals surface area contributed by atoms with Crippen LogP contribution in [0.3, 0.4) is 0 Å². The first kappa shape index (κ1) is 23.0. The zero-order valence-electron chi connectivity index (χ0n) is 16.0. The summed E-state index contributed by atoms with van der Waals surface area (Å²) in [5.74, 6) is -0.414. The fourth-order valence-corrected chi connectivity index (χ4v) is 3.96. The maximum Gasteiger partial charge on any atom is 0.416 e. The average molecular weight is 470 g/mol. The predicted octanol–water partition coefficient (Wildman–Crippen LogP) is 3.61. The highest BCUT2D eigenvalue weighted by Gasteiger charge is 2.30. The van der Waals surface area contributed by atoms with Crippen molar-refractivity contribution in [3.05, 3.63) is 81.1 Å². The van der Waals surface area contributed by atoms with Crippen molar-refractivity contribution in [2.75, 3.05) is 0 Å². The Balaban J connectivity index is 1.76. The molecule has 3 N–H and O–H groups in total. The Hall–Kier alpha value is -2.67. The van der Waals surface area contributed by atoms with Gasteiger partial charge in [0.2, 0.25) is 11.3 Å². The summed E-state index contributed by atoms with van der Waals surface area (Å²) >= 11 is -0.980. The maximum atomic E-state index is 12.8. The molecule has 0 aliphatic heterocycles. The van der Waals surface area contributed by atoms with Crippen molar-refractivity contribution in [1.29, 1.82) is 0 Å². The van der Waals surface area contributed by atoms with Gasteiger partial charge in [0, 0.05) is 17.3 Å². The summed E-state index contributed by atoms with van der Waals surface area (Å²) in [6.07, 6.45) is -1.49. The summed E-state index contributed by atoms with van der Waals surface area (Å²) in [6, 6.07) is 6.25. The summed E-state index contributed by atoms with van der Waals surface area (Å²) in [4.78, 5) is 21.4. The zero-order chi connectivity index (χ0) is 22.6. The van der Waals surface area contributed by atoms with Crippen molar-refractivity contribution in [1.82, 2.24) is 20.0 Å². The Morgan fingerprint density at radius 3 is 2.32 bits per heavy atom. The minimum atomic E-state index is -4.49. The summed E-state index contributed by atoms with van der Waals surface area (Å²) in [6.45, 7) is 2.16. The Labute approximate surface area is 182 Å². The van der Waals surface area contributed by atoms with E-state index in [0.717, 1.165) is 22.0 Å². The van der Waals surface area contributed by atoms with E-state index in [1.165, 1.54) is 41.8 Å². The Morgan fingerprint density at radius 2 is 1.81 bits per heavy atom. The maximum absolute atomic E-state index is 12.8. The largest absolute Gasteiger partial charge is 0.416 e. The van der Waals surface area contributed by atoms with E-state index < -0.39 is 35.0 Å². The molecule has 0 bridgehead atoms. The standard InChI is InChI=1S/C19H17F3N4O3S2/c1-11-23-9-15(30-11)10-25-18(27)16-7-4-13(8-24-16)17(26-31(28)29)12-2-5-14(6-3-12)19(20,21)22/h2-9,17,26H,10H2,1H3,(H,25,27)(H,28,29). The molecule has 164 valence electrons. The molecular formula is C19H17F3N4O3S2. The minimum absolute atomic E-state index is 0.126. The normalized spacial score (nSPS) is 13.6. The van der Waals surface area contributed by atoms with Gasteiger partial charge in [-0.1, -0.05) is 18.2 Å². The highest BCUT2D eigenvalue weighted by molar-refractivity contribution is 7.77. The van der Waals surface area contributed by atoms with Crippen LogP contribution in [0, 0.1) is 6.92 Å². The molecule has 0 radical (unpaired) electrons. The van der Waals surface area contributed by atoms with Crippen LogP contribution in [-0.2, 0) is 24.0 Å². The lowest BCUT2D eigenvalue weighted by Crippen LogP contribution is -2.26. The highest BCUT2D eigenvalue weighted by Crippen LogP contribution is 2.31. The molecule has 0 saturated carbocycles. The summed E-state index contributed by atoms with van der Waals surface area (Å²) in [5, 5.41) is 3.60. The number of hydrogen-bond donors (Lipinski definition) is 3. The number of pyridine rings is 1. The van der Waals surface area contributed by atoms with Gasteiger partial charge in [-0.15, -0.1) is 11.3 Å². The molecular weight excluding hydrogens is 453 g/mol. The van der Waals surface area contributed by atoms with Crippen LogP contribution >= 0.6 is 11.3 Å². The summed E-state index contributed by atoms with van der Waals surface area (Å²) in [5.41, 5.74) is 0.0226. The van der Waals surface area contributed by atoms with E-state index in [1.807, 2.05) is 6.92 Å². The van der Waals surface area contributed by atoms with E-state index >= 15 is 0 Å². The monoisotopic (exact) mass is 470 g/mol. The molecule has 2 unspecified atom stereocenters. The predicted molar refractivity (Wildman–Crippen MR) is 109 cm³/mol. The van der Waals surface area contributed by atoms with Gasteiger partial charge in [0.15, 0.2) is 0 Å². The molecule has 31 heavy (non-hydrogen) atoms. The topological polar surface area (TPSA) is 104 Å². The van der Waals surface area contributed by atoms with E-state index in [4.69, 9.17) is 0 Å². The first-order valence-electron chi connectivity index (χ1n) is 8.83. The van der Waals surface area contributed by atoms with Gasteiger partial charge >= 0.3 is 6.18 Å². The Kier molecular flexibility index (Phi) is 7.15. The lowest BCUT2D eigenvalue weighted by molar-refractivity contribution is -0.137. The fraction of sp³-hybridized carbons (Fsp3) is 0.211. The number of carbonyl (C=O) groups is 1. The number of carbonyl (C=O) groups excluding carboxylic acids is 1. The average Bonchev–Trinajstić information content (AvgIpc) is 3.15. The van der Waals surface area contributed by atoms with Crippen molar-refractivity contribution < 1.29 is 26.7 Å². The number of aromatic nitrogens is 2. The van der Waals surface area contributed by atoms with Gasteiger partial charge in [0.25, 0.3) is 5.91 Å². The third-order valence-electron chi connectivity index (χ3n) is 4.23. The lowest BCUT2D eigenvalue weighted by Gasteiger charge is -2.18. The van der Waals surface area contributed by atoms with Crippen LogP contribution in [0.25, 0.3) is 0 Å². The number of aryl methyl sites for hydroxylation is 1. The number of alkyl halides is 3. The number of nitrogens with one attached hydrogen (secondary N) is 2. The number of benzene rings is 1. The molecule has 3 aromatic rings. The quantitative estimate of drug-likeness (QED) is 0.458. The molecule has 2 atom stereocenters. The zero-order valence-corrected chi connectivity index (χ0v) is 17.6. The van der Waals surface area contributed by atoms with Gasteiger partial charge < -0.3 is 5.32 Å². The van der Waals surface area contributed by atoms with Crippen LogP contribution in [-0.4, -0.2) is 24.6 Å². The van der Waals surface area contributed by atoms with Gasteiger partial charge in [0.1, 0.15) is 5.69 Å². The molecule has 0 aliphatic carbocycles. The first-order chi connectivity index (χ1) is 14.6. The van der Waals surface area contributed by atoms with E-state index in [1.54, 1.807) is 6.20 Å². The van der Waals surface area contributed by atoms with E-state index in [9.17, 15) is 26.7 Å². The lowest BCUT2D eigenvalue weighted by atomic mass is 9.99. The van der Waals surface area contributed by atoms with Crippen molar-refractivity contribution in [2.45, 2.75) is 25.7 Å². The number of amides is 1. The molecule has 3 rings (SSSR count). The van der Waals surface area contributed by atoms with Crippen LogP contribution < -0.4 is 10.0 Å². The molecule has 0 saturated heterocycles. The van der Waals surface area contributed by atoms with Gasteiger partial charge in [-0.05, 0) is 36.2 Å². The van der Waals surface area contributed by atoms with Gasteiger partial charge in [-0.25, -0.2) is 13.9 Å². The van der Waals surface area contributed by atoms with Crippen LogP contribution in [0.4, 0.5) is 13.2 Å². The summed E-state index contributed by atoms with van der Waals surface area (Å²) in [7, 11) is 0. The SMILES string of the molecule is Cc1ncc(CNC(=O)c2ccc(C(NS(=O)O)c3ccc(C(F)(F)F)cc3)cn2)s1. The molecule has 2 aromatic heterocycles. The number of thiazole rings is 1. The first-order valence-corrected chi connectivity index (χ1v) is 10.8. The van der Waals surface area contributed by atoms with Gasteiger partial charge in [-0.3, -0.25) is 14.3 Å². The Bertz CT molecular complexity index is 1070. The van der Waals surface area contributed by atoms with Crippen molar-refractivity contribution in [3.8, 4) is 0 Å².